The Bertz CT molecular complexity index is 268. The Kier molecular flexibility index (Phi) is 7.42. The zero-order valence-corrected chi connectivity index (χ0v) is 13.0. The molecule has 1 N–H and O–H groups in total. The van der Waals surface area contributed by atoms with Gasteiger partial charge in [-0.3, -0.25) is 4.79 Å². The molecule has 0 unspecified atom stereocenters. The van der Waals surface area contributed by atoms with Crippen LogP contribution in [0.1, 0.15) is 70.6 Å². The predicted molar refractivity (Wildman–Crippen MR) is 83.7 cm³/mol. The van der Waals surface area contributed by atoms with Gasteiger partial charge in [-0.2, -0.15) is 0 Å². The number of hydrogen-bond acceptors (Lipinski definition) is 2. The molecule has 0 spiro atoms. The molecule has 0 aromatic rings. The van der Waals surface area contributed by atoms with Gasteiger partial charge in [-0.05, 0) is 51.2 Å². The summed E-state index contributed by atoms with van der Waals surface area (Å²) in [7, 11) is 0. The Labute approximate surface area is 124 Å². The molecule has 0 aromatic carbocycles. The third-order valence-corrected chi connectivity index (χ3v) is 4.93. The molecule has 2 fully saturated rings. The first-order valence-corrected chi connectivity index (χ1v) is 8.83. The van der Waals surface area contributed by atoms with Crippen LogP contribution in [0.15, 0.2) is 0 Å². The molecular formula is C17H32N2O. The third-order valence-electron chi connectivity index (χ3n) is 4.93. The summed E-state index contributed by atoms with van der Waals surface area (Å²) >= 11 is 0. The Morgan fingerprint density at radius 3 is 2.45 bits per heavy atom. The highest BCUT2D eigenvalue weighted by atomic mass is 16.1. The molecule has 3 heteroatoms. The Hall–Kier alpha value is -0.570. The summed E-state index contributed by atoms with van der Waals surface area (Å²) in [6.07, 6.45) is 13.9. The number of nitrogens with zero attached hydrogens (tertiary/aromatic N) is 1. The highest BCUT2D eigenvalue weighted by Gasteiger charge is 2.14. The zero-order valence-electron chi connectivity index (χ0n) is 13.0. The number of likely N-dealkylation sites (tertiary alicyclic amines) is 1. The van der Waals surface area contributed by atoms with Crippen molar-refractivity contribution in [1.29, 1.82) is 0 Å². The van der Waals surface area contributed by atoms with E-state index in [-0.39, 0.29) is 5.91 Å². The van der Waals surface area contributed by atoms with Crippen LogP contribution in [-0.2, 0) is 4.79 Å². The summed E-state index contributed by atoms with van der Waals surface area (Å²) in [5.41, 5.74) is 0. The predicted octanol–water partition coefficient (Wildman–Crippen LogP) is 3.34. The molecule has 2 aliphatic rings. The SMILES string of the molecule is O=C(CCC1CCCCC1)NCCCN1CCCCC1. The summed E-state index contributed by atoms with van der Waals surface area (Å²) < 4.78 is 0. The Balaban J connectivity index is 1.45. The fourth-order valence-corrected chi connectivity index (χ4v) is 3.61. The summed E-state index contributed by atoms with van der Waals surface area (Å²) in [4.78, 5) is 14.4. The van der Waals surface area contributed by atoms with E-state index in [9.17, 15) is 4.79 Å². The highest BCUT2D eigenvalue weighted by molar-refractivity contribution is 5.75. The van der Waals surface area contributed by atoms with Crippen LogP contribution in [0.5, 0.6) is 0 Å². The number of carbonyl (C=O) groups is 1. The fraction of sp³-hybridized carbons (Fsp3) is 0.941. The lowest BCUT2D eigenvalue weighted by atomic mass is 9.86. The molecule has 1 heterocycles. The number of hydrogen-bond donors (Lipinski definition) is 1. The minimum absolute atomic E-state index is 0.272. The van der Waals surface area contributed by atoms with Crippen LogP contribution in [0.25, 0.3) is 0 Å². The summed E-state index contributed by atoms with van der Waals surface area (Å²) in [6.45, 7) is 4.54. The molecule has 0 atom stereocenters. The molecule has 0 aromatic heterocycles. The van der Waals surface area contributed by atoms with Crippen molar-refractivity contribution in [3.8, 4) is 0 Å². The van der Waals surface area contributed by atoms with E-state index in [1.54, 1.807) is 0 Å². The van der Waals surface area contributed by atoms with Crippen LogP contribution in [0.2, 0.25) is 0 Å². The first-order valence-electron chi connectivity index (χ1n) is 8.83. The maximum atomic E-state index is 11.8. The summed E-state index contributed by atoms with van der Waals surface area (Å²) in [6, 6.07) is 0. The van der Waals surface area contributed by atoms with Gasteiger partial charge in [-0.1, -0.05) is 38.5 Å². The van der Waals surface area contributed by atoms with Crippen molar-refractivity contribution in [2.75, 3.05) is 26.2 Å². The van der Waals surface area contributed by atoms with Crippen LogP contribution < -0.4 is 5.32 Å². The molecule has 1 aliphatic carbocycles. The van der Waals surface area contributed by atoms with Gasteiger partial charge in [0, 0.05) is 13.0 Å². The first kappa shape index (κ1) is 15.8. The summed E-state index contributed by atoms with van der Waals surface area (Å²) in [5.74, 6) is 1.09. The molecule has 0 radical (unpaired) electrons. The second-order valence-corrected chi connectivity index (χ2v) is 6.65. The average Bonchev–Trinajstić information content (AvgIpc) is 2.52. The van der Waals surface area contributed by atoms with Crippen molar-refractivity contribution < 1.29 is 4.79 Å². The van der Waals surface area contributed by atoms with Crippen molar-refractivity contribution >= 4 is 5.91 Å². The van der Waals surface area contributed by atoms with E-state index in [1.807, 2.05) is 0 Å². The maximum Gasteiger partial charge on any atom is 0.220 e. The molecule has 0 bridgehead atoms. The number of nitrogens with one attached hydrogen (secondary N) is 1. The minimum atomic E-state index is 0.272. The van der Waals surface area contributed by atoms with Crippen molar-refractivity contribution in [3.63, 3.8) is 0 Å². The number of amides is 1. The molecule has 2 rings (SSSR count). The molecule has 3 nitrogen and oxygen atoms in total. The van der Waals surface area contributed by atoms with Gasteiger partial charge < -0.3 is 10.2 Å². The van der Waals surface area contributed by atoms with Crippen molar-refractivity contribution in [2.24, 2.45) is 5.92 Å². The molecule has 1 saturated carbocycles. The minimum Gasteiger partial charge on any atom is -0.356 e. The van der Waals surface area contributed by atoms with E-state index in [4.69, 9.17) is 0 Å². The number of rotatable bonds is 7. The first-order chi connectivity index (χ1) is 9.84. The van der Waals surface area contributed by atoms with Crippen LogP contribution in [0.4, 0.5) is 0 Å². The van der Waals surface area contributed by atoms with Crippen molar-refractivity contribution in [2.45, 2.75) is 70.6 Å². The summed E-state index contributed by atoms with van der Waals surface area (Å²) in [5, 5.41) is 3.10. The number of carbonyl (C=O) groups excluding carboxylic acids is 1. The molecule has 116 valence electrons. The second-order valence-electron chi connectivity index (χ2n) is 6.65. The fourth-order valence-electron chi connectivity index (χ4n) is 3.61. The Morgan fingerprint density at radius 1 is 1.00 bits per heavy atom. The van der Waals surface area contributed by atoms with E-state index >= 15 is 0 Å². The zero-order chi connectivity index (χ0) is 14.0. The second kappa shape index (κ2) is 9.38. The van der Waals surface area contributed by atoms with Crippen LogP contribution in [0, 0.1) is 5.92 Å². The van der Waals surface area contributed by atoms with E-state index in [2.05, 4.69) is 10.2 Å². The smallest absolute Gasteiger partial charge is 0.220 e. The topological polar surface area (TPSA) is 32.3 Å². The van der Waals surface area contributed by atoms with Gasteiger partial charge in [0.15, 0.2) is 0 Å². The van der Waals surface area contributed by atoms with Gasteiger partial charge in [0.2, 0.25) is 5.91 Å². The molecule has 20 heavy (non-hydrogen) atoms. The van der Waals surface area contributed by atoms with Crippen LogP contribution in [0.3, 0.4) is 0 Å². The lowest BCUT2D eigenvalue weighted by molar-refractivity contribution is -0.121. The number of piperidine rings is 1. The molecule has 1 amide bonds. The Morgan fingerprint density at radius 2 is 1.70 bits per heavy atom. The van der Waals surface area contributed by atoms with Gasteiger partial charge in [-0.15, -0.1) is 0 Å². The largest absolute Gasteiger partial charge is 0.356 e. The quantitative estimate of drug-likeness (QED) is 0.725. The van der Waals surface area contributed by atoms with Crippen LogP contribution in [-0.4, -0.2) is 37.0 Å². The molecular weight excluding hydrogens is 248 g/mol. The molecule has 1 aliphatic heterocycles. The van der Waals surface area contributed by atoms with Gasteiger partial charge in [-0.25, -0.2) is 0 Å². The third kappa shape index (κ3) is 6.25. The highest BCUT2D eigenvalue weighted by Crippen LogP contribution is 2.27. The van der Waals surface area contributed by atoms with E-state index in [1.165, 1.54) is 64.5 Å². The van der Waals surface area contributed by atoms with Gasteiger partial charge in [0.25, 0.3) is 0 Å². The van der Waals surface area contributed by atoms with E-state index < -0.39 is 0 Å². The van der Waals surface area contributed by atoms with Gasteiger partial charge in [0.05, 0.1) is 0 Å². The van der Waals surface area contributed by atoms with Gasteiger partial charge in [0.1, 0.15) is 0 Å². The molecule has 1 saturated heterocycles. The normalized spacial score (nSPS) is 21.8. The van der Waals surface area contributed by atoms with Crippen LogP contribution >= 0.6 is 0 Å². The van der Waals surface area contributed by atoms with E-state index in [0.29, 0.717) is 0 Å². The van der Waals surface area contributed by atoms with Gasteiger partial charge >= 0.3 is 0 Å². The monoisotopic (exact) mass is 280 g/mol. The maximum absolute atomic E-state index is 11.8. The van der Waals surface area contributed by atoms with E-state index in [0.717, 1.165) is 38.3 Å². The lowest BCUT2D eigenvalue weighted by Gasteiger charge is -2.26. The lowest BCUT2D eigenvalue weighted by Crippen LogP contribution is -2.33. The standard InChI is InChI=1S/C17H32N2O/c20-17(11-10-16-8-3-1-4-9-16)18-12-7-15-19-13-5-2-6-14-19/h16H,1-15H2,(H,18,20). The average molecular weight is 280 g/mol. The van der Waals surface area contributed by atoms with Crippen molar-refractivity contribution in [1.82, 2.24) is 10.2 Å². The van der Waals surface area contributed by atoms with Crippen molar-refractivity contribution in [3.05, 3.63) is 0 Å².